The van der Waals surface area contributed by atoms with Crippen molar-refractivity contribution in [1.82, 2.24) is 34.6 Å². The van der Waals surface area contributed by atoms with E-state index in [0.717, 1.165) is 29.8 Å². The summed E-state index contributed by atoms with van der Waals surface area (Å²) in [5.74, 6) is 2.13. The Bertz CT molecular complexity index is 1010. The summed E-state index contributed by atoms with van der Waals surface area (Å²) in [7, 11) is 3.89. The molecule has 9 nitrogen and oxygen atoms in total. The van der Waals surface area contributed by atoms with Crippen LogP contribution in [-0.2, 0) is 18.3 Å². The lowest BCUT2D eigenvalue weighted by Gasteiger charge is -2.42. The number of nitrogens with one attached hydrogen (secondary N) is 1. The van der Waals surface area contributed by atoms with Crippen LogP contribution in [0, 0.1) is 5.92 Å². The number of thioether (sulfide) groups is 1. The van der Waals surface area contributed by atoms with Crippen LogP contribution in [-0.4, -0.2) is 73.0 Å². The summed E-state index contributed by atoms with van der Waals surface area (Å²) in [6.07, 6.45) is 6.61. The Morgan fingerprint density at radius 2 is 2.24 bits per heavy atom. The molecule has 0 aromatic carbocycles. The van der Waals surface area contributed by atoms with Crippen molar-refractivity contribution < 1.29 is 4.79 Å². The average molecular weight is 415 g/mol. The lowest BCUT2D eigenvalue weighted by molar-refractivity contribution is -0.132. The Balaban J connectivity index is 1.51. The van der Waals surface area contributed by atoms with Gasteiger partial charge in [-0.2, -0.15) is 0 Å². The van der Waals surface area contributed by atoms with E-state index in [-0.39, 0.29) is 18.4 Å². The first-order valence-corrected chi connectivity index (χ1v) is 10.9. The maximum atomic E-state index is 13.0. The SMILES string of the molecule is CSc1nc(CC(=O)N2CC[C@@H](C)[C@@H](N(C)c3ncnc4[nH]ccc34)C2)n(C)n1. The molecule has 29 heavy (non-hydrogen) atoms. The third kappa shape index (κ3) is 3.81. The van der Waals surface area contributed by atoms with Crippen LogP contribution in [0.2, 0.25) is 0 Å². The van der Waals surface area contributed by atoms with Gasteiger partial charge in [-0.1, -0.05) is 18.7 Å². The number of nitrogens with zero attached hydrogens (tertiary/aromatic N) is 7. The number of likely N-dealkylation sites (N-methyl/N-ethyl adjacent to an activating group) is 1. The lowest BCUT2D eigenvalue weighted by Crippen LogP contribution is -2.53. The highest BCUT2D eigenvalue weighted by molar-refractivity contribution is 7.98. The van der Waals surface area contributed by atoms with Crippen LogP contribution in [0.5, 0.6) is 0 Å². The third-order valence-electron chi connectivity index (χ3n) is 5.76. The molecule has 0 radical (unpaired) electrons. The maximum Gasteiger partial charge on any atom is 0.230 e. The first-order valence-electron chi connectivity index (χ1n) is 9.70. The molecule has 154 valence electrons. The van der Waals surface area contributed by atoms with Gasteiger partial charge in [0.05, 0.1) is 17.8 Å². The van der Waals surface area contributed by atoms with Crippen molar-refractivity contribution in [3.63, 3.8) is 0 Å². The van der Waals surface area contributed by atoms with Gasteiger partial charge in [0.15, 0.2) is 0 Å². The van der Waals surface area contributed by atoms with Crippen molar-refractivity contribution in [3.05, 3.63) is 24.4 Å². The molecule has 1 N–H and O–H groups in total. The molecule has 0 saturated carbocycles. The number of aromatic amines is 1. The number of amides is 1. The molecule has 10 heteroatoms. The zero-order valence-electron chi connectivity index (χ0n) is 17.2. The second-order valence-electron chi connectivity index (χ2n) is 7.54. The van der Waals surface area contributed by atoms with E-state index in [1.807, 2.05) is 30.5 Å². The van der Waals surface area contributed by atoms with Crippen LogP contribution in [0.1, 0.15) is 19.2 Å². The van der Waals surface area contributed by atoms with Gasteiger partial charge in [0.25, 0.3) is 0 Å². The van der Waals surface area contributed by atoms with Gasteiger partial charge in [-0.05, 0) is 24.7 Å². The number of rotatable bonds is 5. The molecule has 3 aromatic heterocycles. The standard InChI is InChI=1S/C19H26N8OS/c1-12-6-8-27(16(28)9-15-23-19(29-4)24-26(15)3)10-14(12)25(2)18-13-5-7-20-17(13)21-11-22-18/h5,7,11-12,14H,6,8-10H2,1-4H3,(H,20,21,22)/t12-,14+/m1/s1. The highest BCUT2D eigenvalue weighted by atomic mass is 32.2. The van der Waals surface area contributed by atoms with Crippen LogP contribution in [0.25, 0.3) is 11.0 Å². The monoisotopic (exact) mass is 414 g/mol. The maximum absolute atomic E-state index is 13.0. The predicted molar refractivity (Wildman–Crippen MR) is 113 cm³/mol. The van der Waals surface area contributed by atoms with Crippen molar-refractivity contribution in [1.29, 1.82) is 0 Å². The molecule has 1 amide bonds. The van der Waals surface area contributed by atoms with Crippen molar-refractivity contribution in [2.75, 3.05) is 31.3 Å². The summed E-state index contributed by atoms with van der Waals surface area (Å²) in [6.45, 7) is 3.67. The molecule has 0 unspecified atom stereocenters. The number of likely N-dealkylation sites (tertiary alicyclic amines) is 1. The van der Waals surface area contributed by atoms with E-state index in [0.29, 0.717) is 23.4 Å². The minimum absolute atomic E-state index is 0.0907. The number of aromatic nitrogens is 6. The average Bonchev–Trinajstić information content (AvgIpc) is 3.34. The summed E-state index contributed by atoms with van der Waals surface area (Å²) in [6, 6.07) is 2.18. The second kappa shape index (κ2) is 8.02. The van der Waals surface area contributed by atoms with E-state index in [1.54, 1.807) is 11.0 Å². The third-order valence-corrected chi connectivity index (χ3v) is 6.30. The summed E-state index contributed by atoms with van der Waals surface area (Å²) < 4.78 is 1.70. The molecule has 1 aliphatic heterocycles. The van der Waals surface area contributed by atoms with Crippen LogP contribution in [0.3, 0.4) is 0 Å². The molecule has 0 aliphatic carbocycles. The topological polar surface area (TPSA) is 95.8 Å². The first-order chi connectivity index (χ1) is 14.0. The van der Waals surface area contributed by atoms with Crippen LogP contribution in [0.4, 0.5) is 5.82 Å². The number of hydrogen-bond acceptors (Lipinski definition) is 7. The molecule has 4 heterocycles. The number of piperidine rings is 1. The number of anilines is 1. The van der Waals surface area contributed by atoms with Gasteiger partial charge in [0.1, 0.15) is 23.6 Å². The number of aryl methyl sites for hydroxylation is 1. The summed E-state index contributed by atoms with van der Waals surface area (Å²) >= 11 is 1.48. The minimum atomic E-state index is 0.0907. The van der Waals surface area contributed by atoms with Gasteiger partial charge in [0.2, 0.25) is 11.1 Å². The molecule has 4 rings (SSSR count). The molecule has 0 spiro atoms. The molecule has 0 bridgehead atoms. The predicted octanol–water partition coefficient (Wildman–Crippen LogP) is 1.72. The molecule has 2 atom stereocenters. The quantitative estimate of drug-likeness (QED) is 0.635. The Morgan fingerprint density at radius 1 is 1.41 bits per heavy atom. The van der Waals surface area contributed by atoms with E-state index in [9.17, 15) is 4.79 Å². The number of H-pyrrole nitrogens is 1. The largest absolute Gasteiger partial charge is 0.354 e. The fourth-order valence-electron chi connectivity index (χ4n) is 3.96. The fourth-order valence-corrected chi connectivity index (χ4v) is 4.36. The Hall–Kier alpha value is -2.62. The first kappa shape index (κ1) is 19.7. The fraction of sp³-hybridized carbons (Fsp3) is 0.526. The molecule has 1 saturated heterocycles. The Kier molecular flexibility index (Phi) is 5.44. The number of carbonyl (C=O) groups excluding carboxylic acids is 1. The molecule has 3 aromatic rings. The normalized spacial score (nSPS) is 19.7. The van der Waals surface area contributed by atoms with E-state index in [1.165, 1.54) is 11.8 Å². The summed E-state index contributed by atoms with van der Waals surface area (Å²) in [5, 5.41) is 6.01. The highest BCUT2D eigenvalue weighted by Gasteiger charge is 2.33. The van der Waals surface area contributed by atoms with E-state index in [4.69, 9.17) is 0 Å². The van der Waals surface area contributed by atoms with Gasteiger partial charge in [-0.3, -0.25) is 9.48 Å². The molecular weight excluding hydrogens is 388 g/mol. The lowest BCUT2D eigenvalue weighted by atomic mass is 9.92. The van der Waals surface area contributed by atoms with E-state index >= 15 is 0 Å². The van der Waals surface area contributed by atoms with Crippen molar-refractivity contribution in [3.8, 4) is 0 Å². The molecule has 1 fully saturated rings. The Labute approximate surface area is 173 Å². The van der Waals surface area contributed by atoms with Gasteiger partial charge < -0.3 is 14.8 Å². The molecule has 1 aliphatic rings. The number of fused-ring (bicyclic) bond motifs is 1. The zero-order chi connectivity index (χ0) is 20.5. The summed E-state index contributed by atoms with van der Waals surface area (Å²) in [4.78, 5) is 33.5. The van der Waals surface area contributed by atoms with Gasteiger partial charge >= 0.3 is 0 Å². The van der Waals surface area contributed by atoms with E-state index < -0.39 is 0 Å². The van der Waals surface area contributed by atoms with Gasteiger partial charge in [-0.25, -0.2) is 15.0 Å². The van der Waals surface area contributed by atoms with Gasteiger partial charge in [0, 0.05) is 33.4 Å². The van der Waals surface area contributed by atoms with Crippen LogP contribution >= 0.6 is 11.8 Å². The Morgan fingerprint density at radius 3 is 3.00 bits per heavy atom. The smallest absolute Gasteiger partial charge is 0.230 e. The number of hydrogen-bond donors (Lipinski definition) is 1. The van der Waals surface area contributed by atoms with Crippen molar-refractivity contribution in [2.45, 2.75) is 31.0 Å². The van der Waals surface area contributed by atoms with Crippen molar-refractivity contribution in [2.24, 2.45) is 13.0 Å². The van der Waals surface area contributed by atoms with Crippen LogP contribution in [0.15, 0.2) is 23.7 Å². The second-order valence-corrected chi connectivity index (χ2v) is 8.31. The minimum Gasteiger partial charge on any atom is -0.354 e. The van der Waals surface area contributed by atoms with Crippen molar-refractivity contribution >= 4 is 34.5 Å². The number of carbonyl (C=O) groups is 1. The summed E-state index contributed by atoms with van der Waals surface area (Å²) in [5.41, 5.74) is 0.824. The van der Waals surface area contributed by atoms with E-state index in [2.05, 4.69) is 43.9 Å². The zero-order valence-corrected chi connectivity index (χ0v) is 18.0. The molecular formula is C19H26N8OS. The van der Waals surface area contributed by atoms with Gasteiger partial charge in [-0.15, -0.1) is 5.10 Å². The highest BCUT2D eigenvalue weighted by Crippen LogP contribution is 2.28. The van der Waals surface area contributed by atoms with Crippen LogP contribution < -0.4 is 4.90 Å².